The Balaban J connectivity index is 1.17. The van der Waals surface area contributed by atoms with Crippen LogP contribution in [0.1, 0.15) is 20.8 Å². The first kappa shape index (κ1) is 41.1. The molecule has 0 saturated heterocycles. The van der Waals surface area contributed by atoms with Crippen LogP contribution in [-0.4, -0.2) is 104 Å². The Morgan fingerprint density at radius 3 is 2.23 bits per heavy atom. The van der Waals surface area contributed by atoms with Gasteiger partial charge in [0.25, 0.3) is 0 Å². The molecular weight excluding hydrogens is 756 g/mol. The summed E-state index contributed by atoms with van der Waals surface area (Å²) >= 11 is 5.10. The summed E-state index contributed by atoms with van der Waals surface area (Å²) in [7, 11) is 5.89. The lowest BCUT2D eigenvalue weighted by Gasteiger charge is -2.25. The van der Waals surface area contributed by atoms with Crippen LogP contribution in [0.15, 0.2) is 101 Å². The number of benzene rings is 3. The highest BCUT2D eigenvalue weighted by Gasteiger charge is 2.20. The minimum Gasteiger partial charge on any atom is -0.508 e. The fourth-order valence-electron chi connectivity index (χ4n) is 5.14. The molecule has 4 aromatic rings. The van der Waals surface area contributed by atoms with E-state index in [1.165, 1.54) is 6.92 Å². The molecular formula is C40H49BrN6O5S. The number of carbonyl (C=O) groups excluding carboxylic acids is 2. The summed E-state index contributed by atoms with van der Waals surface area (Å²) in [6.07, 6.45) is 0. The van der Waals surface area contributed by atoms with E-state index in [9.17, 15) is 14.7 Å². The Morgan fingerprint density at radius 2 is 1.57 bits per heavy atom. The molecule has 13 heteroatoms. The predicted molar refractivity (Wildman–Crippen MR) is 219 cm³/mol. The van der Waals surface area contributed by atoms with E-state index in [0.717, 1.165) is 62.7 Å². The third-order valence-corrected chi connectivity index (χ3v) is 10.3. The molecule has 4 rings (SSSR count). The third-order valence-electron chi connectivity index (χ3n) is 8.63. The second-order valence-electron chi connectivity index (χ2n) is 12.8. The van der Waals surface area contributed by atoms with Gasteiger partial charge in [0.05, 0.1) is 16.3 Å². The van der Waals surface area contributed by atoms with Crippen LogP contribution >= 0.6 is 27.3 Å². The van der Waals surface area contributed by atoms with Crippen molar-refractivity contribution in [1.29, 1.82) is 0 Å². The first-order valence-electron chi connectivity index (χ1n) is 17.2. The van der Waals surface area contributed by atoms with Gasteiger partial charge in [0.15, 0.2) is 5.75 Å². The number of imide groups is 1. The Hall–Kier alpha value is -4.69. The van der Waals surface area contributed by atoms with Crippen LogP contribution in [0.25, 0.3) is 20.5 Å². The topological polar surface area (TPSA) is 119 Å². The zero-order chi connectivity index (χ0) is 38.7. The third kappa shape index (κ3) is 12.2. The summed E-state index contributed by atoms with van der Waals surface area (Å²) in [5, 5.41) is 16.6. The minimum atomic E-state index is -0.572. The predicted octanol–water partition coefficient (Wildman–Crippen LogP) is 7.09. The molecule has 0 aliphatic carbocycles. The molecule has 3 N–H and O–H groups in total. The molecule has 1 unspecified atom stereocenters. The summed E-state index contributed by atoms with van der Waals surface area (Å²) in [6, 6.07) is 20.5. The normalized spacial score (nSPS) is 12.1. The zero-order valence-electron chi connectivity index (χ0n) is 31.2. The number of aromatic hydroxyl groups is 1. The van der Waals surface area contributed by atoms with Crippen molar-refractivity contribution in [3.05, 3.63) is 95.8 Å². The van der Waals surface area contributed by atoms with Gasteiger partial charge in [-0.1, -0.05) is 41.2 Å². The number of amidine groups is 1. The van der Waals surface area contributed by atoms with Gasteiger partial charge in [0, 0.05) is 61.3 Å². The van der Waals surface area contributed by atoms with Crippen molar-refractivity contribution in [2.45, 2.75) is 26.8 Å². The molecule has 1 aromatic heterocycles. The Bertz CT molecular complexity index is 1930. The second-order valence-corrected chi connectivity index (χ2v) is 14.8. The number of phenolic OH excluding ortho intramolecular Hbond substituents is 1. The molecule has 0 aliphatic heterocycles. The van der Waals surface area contributed by atoms with Gasteiger partial charge in [-0.2, -0.15) is 0 Å². The maximum Gasteiger partial charge on any atom is 0.248 e. The average Bonchev–Trinajstić information content (AvgIpc) is 3.47. The fourth-order valence-corrected chi connectivity index (χ4v) is 6.57. The van der Waals surface area contributed by atoms with Gasteiger partial charge in [-0.25, -0.2) is 4.99 Å². The number of amides is 2. The van der Waals surface area contributed by atoms with E-state index in [1.54, 1.807) is 49.3 Å². The SMILES string of the molecule is C=C(/N=C(/C)N(C)C(C)C(=O)NC(C)=O)C(=C)NCCN(C)CCN(C)CCOc1ccc(Oc2c(-c3ccc(Br)cc3)sc3cc(O)ccc23)cc1. The summed E-state index contributed by atoms with van der Waals surface area (Å²) < 4.78 is 14.4. The van der Waals surface area contributed by atoms with Gasteiger partial charge < -0.3 is 34.6 Å². The van der Waals surface area contributed by atoms with Gasteiger partial charge in [-0.15, -0.1) is 11.3 Å². The molecule has 0 spiro atoms. The Labute approximate surface area is 324 Å². The van der Waals surface area contributed by atoms with Crippen LogP contribution in [0.3, 0.4) is 0 Å². The van der Waals surface area contributed by atoms with Crippen molar-refractivity contribution in [1.82, 2.24) is 25.3 Å². The number of carbonyl (C=O) groups is 2. The van der Waals surface area contributed by atoms with Crippen LogP contribution in [0, 0.1) is 0 Å². The van der Waals surface area contributed by atoms with E-state index in [2.05, 4.69) is 68.6 Å². The molecule has 0 fully saturated rings. The van der Waals surface area contributed by atoms with Gasteiger partial charge in [-0.05, 0) is 88.1 Å². The van der Waals surface area contributed by atoms with Gasteiger partial charge in [-0.3, -0.25) is 14.9 Å². The van der Waals surface area contributed by atoms with Crippen molar-refractivity contribution >= 4 is 55.0 Å². The lowest BCUT2D eigenvalue weighted by atomic mass is 10.1. The second kappa shape index (κ2) is 19.4. The number of halogens is 1. The number of ether oxygens (including phenoxy) is 2. The van der Waals surface area contributed by atoms with Gasteiger partial charge in [0.1, 0.15) is 35.7 Å². The summed E-state index contributed by atoms with van der Waals surface area (Å²) in [6.45, 7) is 17.4. The van der Waals surface area contributed by atoms with Crippen molar-refractivity contribution in [3.8, 4) is 33.4 Å². The lowest BCUT2D eigenvalue weighted by Crippen LogP contribution is -2.46. The largest absolute Gasteiger partial charge is 0.508 e. The molecule has 0 saturated carbocycles. The lowest BCUT2D eigenvalue weighted by molar-refractivity contribution is -0.131. The van der Waals surface area contributed by atoms with E-state index in [1.807, 2.05) is 54.6 Å². The number of hydrogen-bond donors (Lipinski definition) is 3. The van der Waals surface area contributed by atoms with Crippen LogP contribution in [-0.2, 0) is 9.59 Å². The molecule has 282 valence electrons. The maximum atomic E-state index is 12.2. The molecule has 0 bridgehead atoms. The van der Waals surface area contributed by atoms with Crippen molar-refractivity contribution < 1.29 is 24.2 Å². The number of hydrogen-bond acceptors (Lipinski definition) is 10. The first-order valence-corrected chi connectivity index (χ1v) is 18.8. The fraction of sp³-hybridized carbons (Fsp3) is 0.325. The number of rotatable bonds is 18. The van der Waals surface area contributed by atoms with Crippen molar-refractivity contribution in [2.75, 3.05) is 60.5 Å². The van der Waals surface area contributed by atoms with Crippen LogP contribution in [0.4, 0.5) is 0 Å². The highest BCUT2D eigenvalue weighted by molar-refractivity contribution is 9.10. The molecule has 1 heterocycles. The minimum absolute atomic E-state index is 0.223. The summed E-state index contributed by atoms with van der Waals surface area (Å²) in [5.41, 5.74) is 2.12. The molecule has 2 amide bonds. The molecule has 1 atom stereocenters. The van der Waals surface area contributed by atoms with Gasteiger partial charge >= 0.3 is 0 Å². The van der Waals surface area contributed by atoms with E-state index in [-0.39, 0.29) is 5.75 Å². The highest BCUT2D eigenvalue weighted by atomic mass is 79.9. The van der Waals surface area contributed by atoms with Gasteiger partial charge in [0.2, 0.25) is 11.8 Å². The maximum absolute atomic E-state index is 12.2. The standard InChI is InChI=1S/C40H49BrN6O5S/c1-26(27(2)43-29(4)47(8)28(3)40(50)44-30(5)48)42-19-20-45(6)21-22-46(7)23-24-51-34-14-16-35(17-15-34)52-38-36-18-13-33(49)25-37(36)53-39(38)31-9-11-32(41)12-10-31/h9-18,25,28,42,49H,1-2,19-24H2,3-8H3,(H,44,48,50)/b43-29-. The van der Waals surface area contributed by atoms with Crippen molar-refractivity contribution in [2.24, 2.45) is 4.99 Å². The number of likely N-dealkylation sites (N-methyl/N-ethyl adjacent to an activating group) is 3. The quantitative estimate of drug-likeness (QED) is 0.0551. The van der Waals surface area contributed by atoms with Crippen LogP contribution < -0.4 is 20.1 Å². The smallest absolute Gasteiger partial charge is 0.248 e. The Kier molecular flexibility index (Phi) is 15.0. The van der Waals surface area contributed by atoms with E-state index < -0.39 is 17.9 Å². The number of fused-ring (bicyclic) bond motifs is 1. The van der Waals surface area contributed by atoms with E-state index in [4.69, 9.17) is 9.47 Å². The number of thiophene rings is 1. The molecule has 0 aliphatic rings. The van der Waals surface area contributed by atoms with Crippen LogP contribution in [0.5, 0.6) is 23.0 Å². The Morgan fingerprint density at radius 1 is 0.925 bits per heavy atom. The number of phenols is 1. The van der Waals surface area contributed by atoms with Crippen molar-refractivity contribution in [3.63, 3.8) is 0 Å². The van der Waals surface area contributed by atoms with E-state index >= 15 is 0 Å². The van der Waals surface area contributed by atoms with E-state index in [0.29, 0.717) is 36.1 Å². The zero-order valence-corrected chi connectivity index (χ0v) is 33.6. The molecule has 53 heavy (non-hydrogen) atoms. The summed E-state index contributed by atoms with van der Waals surface area (Å²) in [5.74, 6) is 2.23. The number of nitrogens with zero attached hydrogens (tertiary/aromatic N) is 4. The highest BCUT2D eigenvalue weighted by Crippen LogP contribution is 2.47. The average molecular weight is 806 g/mol. The molecule has 3 aromatic carbocycles. The first-order chi connectivity index (χ1) is 25.2. The summed E-state index contributed by atoms with van der Waals surface area (Å²) in [4.78, 5) is 35.0. The number of nitrogens with one attached hydrogen (secondary N) is 2. The monoisotopic (exact) mass is 804 g/mol. The molecule has 11 nitrogen and oxygen atoms in total. The molecule has 0 radical (unpaired) electrons. The number of aliphatic imine (C=N–C) groups is 1. The van der Waals surface area contributed by atoms with Crippen LogP contribution in [0.2, 0.25) is 0 Å².